The molecular formula is C17H22N4O. The molecule has 0 amide bonds. The van der Waals surface area contributed by atoms with Crippen LogP contribution in [0.25, 0.3) is 0 Å². The van der Waals surface area contributed by atoms with Crippen molar-refractivity contribution in [1.82, 2.24) is 20.1 Å². The highest BCUT2D eigenvalue weighted by atomic mass is 16.1. The van der Waals surface area contributed by atoms with Gasteiger partial charge in [0.1, 0.15) is 0 Å². The lowest BCUT2D eigenvalue weighted by Gasteiger charge is -2.31. The molecule has 0 saturated heterocycles. The van der Waals surface area contributed by atoms with Gasteiger partial charge in [-0.3, -0.25) is 9.78 Å². The minimum absolute atomic E-state index is 0.00376. The summed E-state index contributed by atoms with van der Waals surface area (Å²) in [5.74, 6) is 0. The van der Waals surface area contributed by atoms with Crippen molar-refractivity contribution in [3.05, 3.63) is 58.8 Å². The highest BCUT2D eigenvalue weighted by Gasteiger charge is 2.24. The van der Waals surface area contributed by atoms with E-state index in [9.17, 15) is 4.79 Å². The van der Waals surface area contributed by atoms with Gasteiger partial charge in [0.2, 0.25) is 0 Å². The summed E-state index contributed by atoms with van der Waals surface area (Å²) < 4.78 is 1.64. The molecule has 3 rings (SSSR count). The predicted molar refractivity (Wildman–Crippen MR) is 85.6 cm³/mol. The Morgan fingerprint density at radius 2 is 1.86 bits per heavy atom. The Balaban J connectivity index is 1.56. The van der Waals surface area contributed by atoms with Crippen LogP contribution in [-0.2, 0) is 0 Å². The smallest absolute Gasteiger partial charge is 0.266 e. The van der Waals surface area contributed by atoms with Crippen LogP contribution in [0.2, 0.25) is 0 Å². The van der Waals surface area contributed by atoms with Crippen LogP contribution in [0.3, 0.4) is 0 Å². The van der Waals surface area contributed by atoms with Crippen molar-refractivity contribution in [1.29, 1.82) is 0 Å². The summed E-state index contributed by atoms with van der Waals surface area (Å²) in [4.78, 5) is 15.9. The van der Waals surface area contributed by atoms with E-state index in [1.54, 1.807) is 23.0 Å². The van der Waals surface area contributed by atoms with Gasteiger partial charge >= 0.3 is 0 Å². The molecule has 0 spiro atoms. The molecule has 2 heterocycles. The second-order valence-electron chi connectivity index (χ2n) is 5.98. The molecule has 2 aromatic rings. The van der Waals surface area contributed by atoms with E-state index in [4.69, 9.17) is 0 Å². The Morgan fingerprint density at radius 1 is 1.14 bits per heavy atom. The number of hydrogen-bond donors (Lipinski definition) is 1. The Bertz CT molecular complexity index is 647. The number of nitrogens with zero attached hydrogens (tertiary/aromatic N) is 3. The van der Waals surface area contributed by atoms with Crippen LogP contribution in [0.4, 0.5) is 0 Å². The SMILES string of the molecule is CC(NC1CCC(n2ncccc2=O)CC1)c1ccncc1. The van der Waals surface area contributed by atoms with Crippen LogP contribution in [0, 0.1) is 0 Å². The van der Waals surface area contributed by atoms with Gasteiger partial charge in [-0.1, -0.05) is 0 Å². The first-order valence-corrected chi connectivity index (χ1v) is 7.94. The van der Waals surface area contributed by atoms with E-state index in [0.717, 1.165) is 25.7 Å². The minimum Gasteiger partial charge on any atom is -0.307 e. The molecule has 1 unspecified atom stereocenters. The number of aromatic nitrogens is 3. The number of nitrogens with one attached hydrogen (secondary N) is 1. The zero-order chi connectivity index (χ0) is 15.4. The van der Waals surface area contributed by atoms with Crippen molar-refractivity contribution in [3.8, 4) is 0 Å². The van der Waals surface area contributed by atoms with Crippen molar-refractivity contribution in [2.45, 2.75) is 50.7 Å². The molecule has 116 valence electrons. The average Bonchev–Trinajstić information content (AvgIpc) is 2.57. The molecule has 1 atom stereocenters. The van der Waals surface area contributed by atoms with E-state index in [1.165, 1.54) is 5.56 Å². The molecule has 0 aliphatic heterocycles. The first-order valence-electron chi connectivity index (χ1n) is 7.94. The zero-order valence-electron chi connectivity index (χ0n) is 12.9. The molecule has 0 aromatic carbocycles. The van der Waals surface area contributed by atoms with Crippen molar-refractivity contribution >= 4 is 0 Å². The van der Waals surface area contributed by atoms with E-state index in [1.807, 2.05) is 12.4 Å². The molecule has 1 aliphatic rings. The van der Waals surface area contributed by atoms with Crippen molar-refractivity contribution in [3.63, 3.8) is 0 Å². The number of rotatable bonds is 4. The second kappa shape index (κ2) is 6.83. The lowest BCUT2D eigenvalue weighted by atomic mass is 9.90. The second-order valence-corrected chi connectivity index (χ2v) is 5.98. The van der Waals surface area contributed by atoms with Gasteiger partial charge < -0.3 is 5.32 Å². The summed E-state index contributed by atoms with van der Waals surface area (Å²) in [5, 5.41) is 7.90. The summed E-state index contributed by atoms with van der Waals surface area (Å²) in [5.41, 5.74) is 1.27. The summed E-state index contributed by atoms with van der Waals surface area (Å²) in [6.45, 7) is 2.19. The Kier molecular flexibility index (Phi) is 4.63. The third kappa shape index (κ3) is 3.42. The van der Waals surface area contributed by atoms with E-state index in [2.05, 4.69) is 34.5 Å². The van der Waals surface area contributed by atoms with Gasteiger partial charge in [-0.25, -0.2) is 4.68 Å². The molecule has 5 heteroatoms. The fraction of sp³-hybridized carbons (Fsp3) is 0.471. The Hall–Kier alpha value is -2.01. The van der Waals surface area contributed by atoms with Crippen LogP contribution < -0.4 is 10.9 Å². The fourth-order valence-electron chi connectivity index (χ4n) is 3.23. The highest BCUT2D eigenvalue weighted by Crippen LogP contribution is 2.28. The first kappa shape index (κ1) is 14.9. The van der Waals surface area contributed by atoms with Crippen molar-refractivity contribution in [2.75, 3.05) is 0 Å². The molecule has 1 aliphatic carbocycles. The number of pyridine rings is 1. The maximum atomic E-state index is 11.8. The summed E-state index contributed by atoms with van der Waals surface area (Å²) in [6.07, 6.45) is 9.49. The monoisotopic (exact) mass is 298 g/mol. The maximum Gasteiger partial charge on any atom is 0.266 e. The van der Waals surface area contributed by atoms with Crippen molar-refractivity contribution < 1.29 is 0 Å². The van der Waals surface area contributed by atoms with Gasteiger partial charge in [0.25, 0.3) is 5.56 Å². The lowest BCUT2D eigenvalue weighted by Crippen LogP contribution is -2.37. The third-order valence-corrected chi connectivity index (χ3v) is 4.48. The molecule has 1 fully saturated rings. The van der Waals surface area contributed by atoms with Gasteiger partial charge in [-0.05, 0) is 56.4 Å². The minimum atomic E-state index is 0.00376. The zero-order valence-corrected chi connectivity index (χ0v) is 12.9. The summed E-state index contributed by atoms with van der Waals surface area (Å²) in [7, 11) is 0. The van der Waals surface area contributed by atoms with Gasteiger partial charge in [0.05, 0.1) is 6.04 Å². The Morgan fingerprint density at radius 3 is 2.55 bits per heavy atom. The lowest BCUT2D eigenvalue weighted by molar-refractivity contribution is 0.259. The molecule has 0 bridgehead atoms. The van der Waals surface area contributed by atoms with E-state index in [-0.39, 0.29) is 11.6 Å². The average molecular weight is 298 g/mol. The van der Waals surface area contributed by atoms with Gasteiger partial charge in [0.15, 0.2) is 0 Å². The van der Waals surface area contributed by atoms with Crippen LogP contribution in [-0.4, -0.2) is 20.8 Å². The van der Waals surface area contributed by atoms with Crippen LogP contribution >= 0.6 is 0 Å². The Labute approximate surface area is 130 Å². The van der Waals surface area contributed by atoms with E-state index < -0.39 is 0 Å². The van der Waals surface area contributed by atoms with E-state index in [0.29, 0.717) is 12.1 Å². The van der Waals surface area contributed by atoms with Crippen molar-refractivity contribution in [2.24, 2.45) is 0 Å². The normalized spacial score (nSPS) is 23.1. The summed E-state index contributed by atoms with van der Waals surface area (Å²) >= 11 is 0. The molecule has 1 N–H and O–H groups in total. The predicted octanol–water partition coefficient (Wildman–Crippen LogP) is 2.47. The molecule has 2 aromatic heterocycles. The number of hydrogen-bond acceptors (Lipinski definition) is 4. The van der Waals surface area contributed by atoms with Gasteiger partial charge in [-0.15, -0.1) is 0 Å². The fourth-order valence-corrected chi connectivity index (χ4v) is 3.23. The molecule has 22 heavy (non-hydrogen) atoms. The maximum absolute atomic E-state index is 11.8. The quantitative estimate of drug-likeness (QED) is 0.942. The first-order chi connectivity index (χ1) is 10.7. The van der Waals surface area contributed by atoms with Crippen LogP contribution in [0.15, 0.2) is 47.7 Å². The van der Waals surface area contributed by atoms with Gasteiger partial charge in [0, 0.05) is 36.7 Å². The summed E-state index contributed by atoms with van der Waals surface area (Å²) in [6, 6.07) is 8.45. The highest BCUT2D eigenvalue weighted by molar-refractivity contribution is 5.14. The van der Waals surface area contributed by atoms with Crippen LogP contribution in [0.1, 0.15) is 50.3 Å². The largest absolute Gasteiger partial charge is 0.307 e. The molecular weight excluding hydrogens is 276 g/mol. The standard InChI is InChI=1S/C17H22N4O/c1-13(14-8-11-18-12-9-14)20-15-4-6-16(7-5-15)21-17(22)3-2-10-19-21/h2-3,8-13,15-16,20H,4-7H2,1H3. The molecule has 1 saturated carbocycles. The third-order valence-electron chi connectivity index (χ3n) is 4.48. The van der Waals surface area contributed by atoms with E-state index >= 15 is 0 Å². The topological polar surface area (TPSA) is 59.8 Å². The van der Waals surface area contributed by atoms with Crippen LogP contribution in [0.5, 0.6) is 0 Å². The van der Waals surface area contributed by atoms with Gasteiger partial charge in [-0.2, -0.15) is 5.10 Å². The molecule has 0 radical (unpaired) electrons. The molecule has 5 nitrogen and oxygen atoms in total.